The van der Waals surface area contributed by atoms with Gasteiger partial charge in [-0.3, -0.25) is 4.68 Å². The number of pyridine rings is 1. The van der Waals surface area contributed by atoms with Crippen LogP contribution in [-0.2, 0) is 13.2 Å². The molecule has 4 rings (SSSR count). The maximum absolute atomic E-state index is 9.62. The van der Waals surface area contributed by atoms with E-state index in [2.05, 4.69) is 32.3 Å². The Kier molecular flexibility index (Phi) is 4.17. The van der Waals surface area contributed by atoms with E-state index in [1.165, 1.54) is 25.7 Å². The zero-order valence-electron chi connectivity index (χ0n) is 13.7. The Morgan fingerprint density at radius 3 is 2.83 bits per heavy atom. The lowest BCUT2D eigenvalue weighted by atomic mass is 10.1. The summed E-state index contributed by atoms with van der Waals surface area (Å²) in [6, 6.07) is 12.6. The molecule has 0 unspecified atom stereocenters. The maximum Gasteiger partial charge on any atom is 0.132 e. The smallest absolute Gasteiger partial charge is 0.132 e. The highest BCUT2D eigenvalue weighted by Gasteiger charge is 2.17. The number of rotatable bonds is 5. The lowest BCUT2D eigenvalue weighted by molar-refractivity contribution is 0.282. The Morgan fingerprint density at radius 2 is 2.00 bits per heavy atom. The average molecular weight is 322 g/mol. The van der Waals surface area contributed by atoms with E-state index >= 15 is 0 Å². The van der Waals surface area contributed by atoms with E-state index in [0.717, 1.165) is 28.0 Å². The highest BCUT2D eigenvalue weighted by atomic mass is 16.3. The van der Waals surface area contributed by atoms with Crippen LogP contribution in [0.4, 0.5) is 5.82 Å². The number of fused-ring (bicyclic) bond motifs is 1. The van der Waals surface area contributed by atoms with Crippen molar-refractivity contribution in [3.05, 3.63) is 53.9 Å². The van der Waals surface area contributed by atoms with E-state index in [4.69, 9.17) is 0 Å². The van der Waals surface area contributed by atoms with Crippen molar-refractivity contribution in [2.24, 2.45) is 0 Å². The SMILES string of the molecule is OCc1cc2ccccc2nc1NCc1ccn(C2CCCC2)n1. The molecule has 0 spiro atoms. The molecule has 2 N–H and O–H groups in total. The molecule has 0 aliphatic heterocycles. The first-order valence-electron chi connectivity index (χ1n) is 8.61. The van der Waals surface area contributed by atoms with Crippen molar-refractivity contribution in [2.75, 3.05) is 5.32 Å². The lowest BCUT2D eigenvalue weighted by Crippen LogP contribution is -2.08. The molecule has 5 nitrogen and oxygen atoms in total. The van der Waals surface area contributed by atoms with Crippen LogP contribution in [0.2, 0.25) is 0 Å². The van der Waals surface area contributed by atoms with Crippen molar-refractivity contribution in [3.63, 3.8) is 0 Å². The minimum atomic E-state index is -0.0311. The Hall–Kier alpha value is -2.40. The molecule has 0 radical (unpaired) electrons. The minimum Gasteiger partial charge on any atom is -0.392 e. The fourth-order valence-electron chi connectivity index (χ4n) is 3.45. The van der Waals surface area contributed by atoms with Crippen LogP contribution < -0.4 is 5.32 Å². The molecule has 24 heavy (non-hydrogen) atoms. The van der Waals surface area contributed by atoms with Gasteiger partial charge in [0.1, 0.15) is 5.82 Å². The lowest BCUT2D eigenvalue weighted by Gasteiger charge is -2.11. The Bertz CT molecular complexity index is 836. The van der Waals surface area contributed by atoms with Gasteiger partial charge in [-0.25, -0.2) is 4.98 Å². The van der Waals surface area contributed by atoms with Crippen molar-refractivity contribution in [3.8, 4) is 0 Å². The van der Waals surface area contributed by atoms with Crippen molar-refractivity contribution in [2.45, 2.75) is 44.9 Å². The summed E-state index contributed by atoms with van der Waals surface area (Å²) in [6.07, 6.45) is 7.15. The van der Waals surface area contributed by atoms with Gasteiger partial charge in [-0.05, 0) is 31.0 Å². The van der Waals surface area contributed by atoms with Crippen LogP contribution in [0.1, 0.15) is 43.0 Å². The van der Waals surface area contributed by atoms with E-state index in [1.807, 2.05) is 30.3 Å². The number of aromatic nitrogens is 3. The summed E-state index contributed by atoms with van der Waals surface area (Å²) in [5.74, 6) is 0.728. The standard InChI is InChI=1S/C19H22N4O/c24-13-15-11-14-5-1-4-8-18(14)21-19(15)20-12-16-9-10-23(22-16)17-6-2-3-7-17/h1,4-5,8-11,17,24H,2-3,6-7,12-13H2,(H,20,21). The van der Waals surface area contributed by atoms with E-state index < -0.39 is 0 Å². The third kappa shape index (κ3) is 2.99. The van der Waals surface area contributed by atoms with Gasteiger partial charge in [-0.15, -0.1) is 0 Å². The molecule has 1 aromatic carbocycles. The molecule has 1 fully saturated rings. The van der Waals surface area contributed by atoms with Gasteiger partial charge < -0.3 is 10.4 Å². The second-order valence-electron chi connectivity index (χ2n) is 6.43. The van der Waals surface area contributed by atoms with Crippen molar-refractivity contribution >= 4 is 16.7 Å². The van der Waals surface area contributed by atoms with Gasteiger partial charge in [0.05, 0.1) is 30.4 Å². The Morgan fingerprint density at radius 1 is 1.17 bits per heavy atom. The van der Waals surface area contributed by atoms with Crippen LogP contribution in [0.5, 0.6) is 0 Å². The van der Waals surface area contributed by atoms with Crippen LogP contribution in [-0.4, -0.2) is 19.9 Å². The maximum atomic E-state index is 9.62. The van der Waals surface area contributed by atoms with Gasteiger partial charge >= 0.3 is 0 Å². The fourth-order valence-corrected chi connectivity index (χ4v) is 3.45. The molecular weight excluding hydrogens is 300 g/mol. The summed E-state index contributed by atoms with van der Waals surface area (Å²) in [6.45, 7) is 0.578. The summed E-state index contributed by atoms with van der Waals surface area (Å²) in [4.78, 5) is 4.64. The van der Waals surface area contributed by atoms with Gasteiger partial charge in [-0.2, -0.15) is 5.10 Å². The zero-order chi connectivity index (χ0) is 16.4. The van der Waals surface area contributed by atoms with Gasteiger partial charge in [0.2, 0.25) is 0 Å². The monoisotopic (exact) mass is 322 g/mol. The Labute approximate surface area is 141 Å². The summed E-state index contributed by atoms with van der Waals surface area (Å²) >= 11 is 0. The van der Waals surface area contributed by atoms with Crippen LogP contribution in [0.15, 0.2) is 42.6 Å². The topological polar surface area (TPSA) is 63.0 Å². The molecule has 1 aliphatic rings. The third-order valence-corrected chi connectivity index (χ3v) is 4.77. The molecule has 5 heteroatoms. The molecular formula is C19H22N4O. The number of benzene rings is 1. The van der Waals surface area contributed by atoms with Gasteiger partial charge in [-0.1, -0.05) is 31.0 Å². The van der Waals surface area contributed by atoms with Crippen molar-refractivity contribution < 1.29 is 5.11 Å². The Balaban J connectivity index is 1.51. The fraction of sp³-hybridized carbons (Fsp3) is 0.368. The van der Waals surface area contributed by atoms with Crippen LogP contribution >= 0.6 is 0 Å². The first kappa shape index (κ1) is 15.1. The van der Waals surface area contributed by atoms with E-state index in [9.17, 15) is 5.11 Å². The molecule has 2 aromatic heterocycles. The second-order valence-corrected chi connectivity index (χ2v) is 6.43. The van der Waals surface area contributed by atoms with Crippen molar-refractivity contribution in [1.29, 1.82) is 0 Å². The van der Waals surface area contributed by atoms with Crippen molar-refractivity contribution in [1.82, 2.24) is 14.8 Å². The molecule has 0 amide bonds. The number of hydrogen-bond donors (Lipinski definition) is 2. The zero-order valence-corrected chi connectivity index (χ0v) is 13.7. The first-order valence-corrected chi connectivity index (χ1v) is 8.61. The molecule has 0 bridgehead atoms. The molecule has 0 saturated heterocycles. The summed E-state index contributed by atoms with van der Waals surface area (Å²) in [5.41, 5.74) is 2.73. The number of hydrogen-bond acceptors (Lipinski definition) is 4. The van der Waals surface area contributed by atoms with Gasteiger partial charge in [0.15, 0.2) is 0 Å². The van der Waals surface area contributed by atoms with E-state index in [-0.39, 0.29) is 6.61 Å². The number of aliphatic hydroxyl groups excluding tert-OH is 1. The number of anilines is 1. The third-order valence-electron chi connectivity index (χ3n) is 4.77. The predicted molar refractivity (Wildman–Crippen MR) is 94.7 cm³/mol. The molecule has 0 atom stereocenters. The summed E-state index contributed by atoms with van der Waals surface area (Å²) < 4.78 is 2.10. The largest absolute Gasteiger partial charge is 0.392 e. The van der Waals surface area contributed by atoms with E-state index in [0.29, 0.717) is 12.6 Å². The molecule has 1 aliphatic carbocycles. The highest BCUT2D eigenvalue weighted by Crippen LogP contribution is 2.28. The molecule has 1 saturated carbocycles. The molecule has 124 valence electrons. The summed E-state index contributed by atoms with van der Waals surface area (Å²) in [5, 5.41) is 18.7. The minimum absolute atomic E-state index is 0.0311. The van der Waals surface area contributed by atoms with Gasteiger partial charge in [0.25, 0.3) is 0 Å². The number of nitrogens with zero attached hydrogens (tertiary/aromatic N) is 3. The molecule has 2 heterocycles. The van der Waals surface area contributed by atoms with Gasteiger partial charge in [0, 0.05) is 17.1 Å². The quantitative estimate of drug-likeness (QED) is 0.752. The predicted octanol–water partition coefficient (Wildman–Crippen LogP) is 3.65. The van der Waals surface area contributed by atoms with Crippen LogP contribution in [0.3, 0.4) is 0 Å². The molecule has 3 aromatic rings. The second kappa shape index (κ2) is 6.61. The number of aliphatic hydroxyl groups is 1. The number of nitrogens with one attached hydrogen (secondary N) is 1. The normalized spacial score (nSPS) is 15.2. The highest BCUT2D eigenvalue weighted by molar-refractivity contribution is 5.81. The van der Waals surface area contributed by atoms with E-state index in [1.54, 1.807) is 0 Å². The van der Waals surface area contributed by atoms with Crippen LogP contribution in [0, 0.1) is 0 Å². The average Bonchev–Trinajstić information content (AvgIpc) is 3.30. The van der Waals surface area contributed by atoms with Crippen LogP contribution in [0.25, 0.3) is 10.9 Å². The summed E-state index contributed by atoms with van der Waals surface area (Å²) in [7, 11) is 0. The number of para-hydroxylation sites is 1. The first-order chi connectivity index (χ1) is 11.8.